The van der Waals surface area contributed by atoms with Gasteiger partial charge in [-0.3, -0.25) is 9.89 Å². The molecule has 1 atom stereocenters. The van der Waals surface area contributed by atoms with Gasteiger partial charge in [-0.05, 0) is 18.1 Å². The van der Waals surface area contributed by atoms with Gasteiger partial charge in [0.2, 0.25) is 0 Å². The first-order valence-corrected chi connectivity index (χ1v) is 8.14. The zero-order chi connectivity index (χ0) is 16.5. The summed E-state index contributed by atoms with van der Waals surface area (Å²) in [4.78, 5) is 19.2. The molecule has 24 heavy (non-hydrogen) atoms. The molecule has 0 spiro atoms. The molecular weight excluding hydrogens is 300 g/mol. The molecule has 2 heterocycles. The predicted octanol–water partition coefficient (Wildman–Crippen LogP) is 3.58. The first-order chi connectivity index (χ1) is 11.8. The summed E-state index contributed by atoms with van der Waals surface area (Å²) in [6.45, 7) is 2.68. The van der Waals surface area contributed by atoms with Crippen molar-refractivity contribution in [2.24, 2.45) is 0 Å². The molecule has 1 aliphatic heterocycles. The van der Waals surface area contributed by atoms with E-state index in [4.69, 9.17) is 0 Å². The van der Waals surface area contributed by atoms with E-state index in [1.54, 1.807) is 0 Å². The Morgan fingerprint density at radius 2 is 1.88 bits per heavy atom. The Morgan fingerprint density at radius 3 is 2.62 bits per heavy atom. The van der Waals surface area contributed by atoms with Crippen molar-refractivity contribution in [3.8, 4) is 11.4 Å². The number of nitrogens with one attached hydrogen (secondary N) is 1. The molecule has 0 radical (unpaired) electrons. The molecule has 0 saturated heterocycles. The summed E-state index contributed by atoms with van der Waals surface area (Å²) in [6, 6.07) is 17.5. The summed E-state index contributed by atoms with van der Waals surface area (Å²) in [5, 5.41) is 7.35. The number of carbonyl (C=O) groups excluding carboxylic acids is 1. The van der Waals surface area contributed by atoms with Gasteiger partial charge in [-0.25, -0.2) is 4.98 Å². The van der Waals surface area contributed by atoms with Gasteiger partial charge >= 0.3 is 0 Å². The number of hydrogen-bond acceptors (Lipinski definition) is 3. The Morgan fingerprint density at radius 1 is 1.12 bits per heavy atom. The lowest BCUT2D eigenvalue weighted by Gasteiger charge is -2.24. The van der Waals surface area contributed by atoms with E-state index in [0.29, 0.717) is 12.4 Å². The fourth-order valence-electron chi connectivity index (χ4n) is 3.23. The van der Waals surface area contributed by atoms with Crippen LogP contribution in [0, 0.1) is 0 Å². The number of carbonyl (C=O) groups is 1. The smallest absolute Gasteiger partial charge is 0.255 e. The van der Waals surface area contributed by atoms with Crippen LogP contribution in [0.5, 0.6) is 0 Å². The summed E-state index contributed by atoms with van der Waals surface area (Å²) >= 11 is 0. The van der Waals surface area contributed by atoms with Crippen LogP contribution >= 0.6 is 0 Å². The van der Waals surface area contributed by atoms with E-state index >= 15 is 0 Å². The third-order valence-electron chi connectivity index (χ3n) is 4.46. The van der Waals surface area contributed by atoms with Crippen molar-refractivity contribution < 1.29 is 4.79 Å². The molecule has 1 N–H and O–H groups in total. The first kappa shape index (κ1) is 14.6. The molecule has 1 aromatic heterocycles. The van der Waals surface area contributed by atoms with Gasteiger partial charge < -0.3 is 4.90 Å². The van der Waals surface area contributed by atoms with Gasteiger partial charge in [-0.1, -0.05) is 55.5 Å². The predicted molar refractivity (Wildman–Crippen MR) is 91.2 cm³/mol. The summed E-state index contributed by atoms with van der Waals surface area (Å²) < 4.78 is 0. The molecule has 2 aromatic carbocycles. The number of amides is 1. The van der Waals surface area contributed by atoms with E-state index in [1.807, 2.05) is 59.5 Å². The minimum Gasteiger partial charge on any atom is -0.324 e. The number of H-pyrrole nitrogens is 1. The molecule has 3 aromatic rings. The van der Waals surface area contributed by atoms with E-state index in [0.717, 1.165) is 28.9 Å². The van der Waals surface area contributed by atoms with Crippen LogP contribution in [0.3, 0.4) is 0 Å². The fourth-order valence-corrected chi connectivity index (χ4v) is 3.23. The Kier molecular flexibility index (Phi) is 3.61. The van der Waals surface area contributed by atoms with Crippen LogP contribution in [-0.4, -0.2) is 26.0 Å². The quantitative estimate of drug-likeness (QED) is 0.800. The minimum absolute atomic E-state index is 0.0649. The van der Waals surface area contributed by atoms with Gasteiger partial charge in [0.15, 0.2) is 5.82 Å². The van der Waals surface area contributed by atoms with Crippen LogP contribution in [-0.2, 0) is 6.54 Å². The largest absolute Gasteiger partial charge is 0.324 e. The Labute approximate surface area is 140 Å². The number of nitrogens with zero attached hydrogens (tertiary/aromatic N) is 3. The molecule has 1 amide bonds. The highest BCUT2D eigenvalue weighted by Crippen LogP contribution is 2.32. The van der Waals surface area contributed by atoms with Crippen LogP contribution in [0.15, 0.2) is 54.6 Å². The summed E-state index contributed by atoms with van der Waals surface area (Å²) in [6.07, 6.45) is 0.781. The SMILES string of the molecule is CCC(c1nc(-c2ccccc2)n[nH]1)N1Cc2ccccc2C1=O. The topological polar surface area (TPSA) is 61.9 Å². The lowest BCUT2D eigenvalue weighted by Crippen LogP contribution is -2.29. The third-order valence-corrected chi connectivity index (χ3v) is 4.46. The van der Waals surface area contributed by atoms with Gasteiger partial charge in [0.25, 0.3) is 5.91 Å². The number of aromatic nitrogens is 3. The van der Waals surface area contributed by atoms with Gasteiger partial charge in [0.05, 0.1) is 6.04 Å². The molecule has 5 nitrogen and oxygen atoms in total. The second-order valence-corrected chi connectivity index (χ2v) is 5.92. The minimum atomic E-state index is -0.102. The van der Waals surface area contributed by atoms with Gasteiger partial charge in [0, 0.05) is 17.7 Å². The summed E-state index contributed by atoms with van der Waals surface area (Å²) in [5.41, 5.74) is 2.83. The van der Waals surface area contributed by atoms with Crippen LogP contribution in [0.2, 0.25) is 0 Å². The lowest BCUT2D eigenvalue weighted by atomic mass is 10.1. The number of rotatable bonds is 4. The van der Waals surface area contributed by atoms with Crippen LogP contribution < -0.4 is 0 Å². The molecule has 4 rings (SSSR count). The van der Waals surface area contributed by atoms with E-state index in [2.05, 4.69) is 22.1 Å². The van der Waals surface area contributed by atoms with Gasteiger partial charge in [-0.2, -0.15) is 5.10 Å². The van der Waals surface area contributed by atoms with Gasteiger partial charge in [-0.15, -0.1) is 0 Å². The Hall–Kier alpha value is -2.95. The van der Waals surface area contributed by atoms with E-state index in [1.165, 1.54) is 0 Å². The monoisotopic (exact) mass is 318 g/mol. The van der Waals surface area contributed by atoms with Crippen molar-refractivity contribution in [1.82, 2.24) is 20.1 Å². The highest BCUT2D eigenvalue weighted by molar-refractivity contribution is 5.98. The van der Waals surface area contributed by atoms with Crippen LogP contribution in [0.1, 0.15) is 41.1 Å². The Bertz CT molecular complexity index is 872. The van der Waals surface area contributed by atoms with Crippen molar-refractivity contribution >= 4 is 5.91 Å². The molecule has 1 aliphatic rings. The second kappa shape index (κ2) is 5.92. The number of fused-ring (bicyclic) bond motifs is 1. The fraction of sp³-hybridized carbons (Fsp3) is 0.211. The first-order valence-electron chi connectivity index (χ1n) is 8.14. The molecule has 0 fully saturated rings. The van der Waals surface area contributed by atoms with E-state index in [9.17, 15) is 4.79 Å². The average molecular weight is 318 g/mol. The lowest BCUT2D eigenvalue weighted by molar-refractivity contribution is 0.0688. The summed E-state index contributed by atoms with van der Waals surface area (Å²) in [7, 11) is 0. The maximum atomic E-state index is 12.7. The molecule has 0 aliphatic carbocycles. The highest BCUT2D eigenvalue weighted by atomic mass is 16.2. The summed E-state index contributed by atoms with van der Waals surface area (Å²) in [5.74, 6) is 1.46. The van der Waals surface area contributed by atoms with Gasteiger partial charge in [0.1, 0.15) is 5.82 Å². The maximum absolute atomic E-state index is 12.7. The third kappa shape index (κ3) is 2.38. The molecule has 1 unspecified atom stereocenters. The van der Waals surface area contributed by atoms with Crippen molar-refractivity contribution in [3.63, 3.8) is 0 Å². The standard InChI is InChI=1S/C19H18N4O/c1-2-16(23-12-14-10-6-7-11-15(14)19(23)24)18-20-17(21-22-18)13-8-4-3-5-9-13/h3-11,16H,2,12H2,1H3,(H,20,21,22). The maximum Gasteiger partial charge on any atom is 0.255 e. The number of aromatic amines is 1. The van der Waals surface area contributed by atoms with Crippen molar-refractivity contribution in [2.45, 2.75) is 25.9 Å². The van der Waals surface area contributed by atoms with Crippen LogP contribution in [0.25, 0.3) is 11.4 Å². The number of hydrogen-bond donors (Lipinski definition) is 1. The second-order valence-electron chi connectivity index (χ2n) is 5.92. The number of benzene rings is 2. The van der Waals surface area contributed by atoms with E-state index in [-0.39, 0.29) is 11.9 Å². The zero-order valence-corrected chi connectivity index (χ0v) is 13.4. The molecule has 0 bridgehead atoms. The molecule has 120 valence electrons. The molecule has 0 saturated carbocycles. The van der Waals surface area contributed by atoms with Crippen molar-refractivity contribution in [3.05, 3.63) is 71.5 Å². The molecule has 5 heteroatoms. The zero-order valence-electron chi connectivity index (χ0n) is 13.4. The normalized spacial score (nSPS) is 14.7. The van der Waals surface area contributed by atoms with Crippen LogP contribution in [0.4, 0.5) is 0 Å². The average Bonchev–Trinajstić information content (AvgIpc) is 3.23. The van der Waals surface area contributed by atoms with Crippen molar-refractivity contribution in [1.29, 1.82) is 0 Å². The van der Waals surface area contributed by atoms with Crippen molar-refractivity contribution in [2.75, 3.05) is 0 Å². The highest BCUT2D eigenvalue weighted by Gasteiger charge is 2.33. The Balaban J connectivity index is 1.64. The molecular formula is C19H18N4O. The van der Waals surface area contributed by atoms with E-state index < -0.39 is 0 Å².